The van der Waals surface area contributed by atoms with E-state index in [1.165, 1.54) is 18.2 Å². The first-order chi connectivity index (χ1) is 17.4. The van der Waals surface area contributed by atoms with E-state index in [1.54, 1.807) is 35.3 Å². The van der Waals surface area contributed by atoms with Gasteiger partial charge in [-0.3, -0.25) is 4.79 Å². The predicted octanol–water partition coefficient (Wildman–Crippen LogP) is 4.92. The minimum Gasteiger partial charge on any atom is -0.324 e. The fraction of sp³-hybridized carbons (Fsp3) is 0.0800. The number of carbonyl (C=O) groups is 1. The van der Waals surface area contributed by atoms with E-state index in [1.807, 2.05) is 30.3 Å². The van der Waals surface area contributed by atoms with Crippen LogP contribution in [0.4, 0.5) is 18.9 Å². The van der Waals surface area contributed by atoms with Gasteiger partial charge in [0.25, 0.3) is 0 Å². The Morgan fingerprint density at radius 3 is 2.47 bits per heavy atom. The Morgan fingerprint density at radius 1 is 0.972 bits per heavy atom. The number of hydrogen-bond donors (Lipinski definition) is 2. The number of tetrazole rings is 1. The number of amides is 1. The number of hydrogen-bond acceptors (Lipinski definition) is 5. The maximum absolute atomic E-state index is 13.4. The third-order valence-electron chi connectivity index (χ3n) is 5.53. The molecule has 5 aromatic rings. The highest BCUT2D eigenvalue weighted by molar-refractivity contribution is 5.96. The summed E-state index contributed by atoms with van der Waals surface area (Å²) < 4.78 is 41.8. The molecule has 1 amide bonds. The van der Waals surface area contributed by atoms with Crippen LogP contribution in [0.15, 0.2) is 85.2 Å². The van der Waals surface area contributed by atoms with Crippen molar-refractivity contribution in [2.45, 2.75) is 12.6 Å². The number of carbonyl (C=O) groups excluding carboxylic acids is 1. The first kappa shape index (κ1) is 23.0. The van der Waals surface area contributed by atoms with Crippen molar-refractivity contribution in [3.63, 3.8) is 0 Å². The molecule has 2 heterocycles. The monoisotopic (exact) mass is 489 g/mol. The smallest absolute Gasteiger partial charge is 0.324 e. The molecular formula is C25H18F3N7O. The summed E-state index contributed by atoms with van der Waals surface area (Å²) in [7, 11) is 0. The topological polar surface area (TPSA) is 101 Å². The number of alkyl halides is 3. The molecule has 0 aliphatic heterocycles. The van der Waals surface area contributed by atoms with Gasteiger partial charge >= 0.3 is 6.18 Å². The third-order valence-corrected chi connectivity index (χ3v) is 5.53. The number of nitrogens with zero attached hydrogens (tertiary/aromatic N) is 5. The molecule has 0 bridgehead atoms. The van der Waals surface area contributed by atoms with Gasteiger partial charge in [-0.1, -0.05) is 48.5 Å². The van der Waals surface area contributed by atoms with Crippen LogP contribution in [0.25, 0.3) is 28.2 Å². The van der Waals surface area contributed by atoms with Gasteiger partial charge in [0.15, 0.2) is 5.82 Å². The molecule has 0 saturated heterocycles. The Bertz CT molecular complexity index is 1500. The van der Waals surface area contributed by atoms with Crippen LogP contribution < -0.4 is 5.32 Å². The Kier molecular flexibility index (Phi) is 6.03. The summed E-state index contributed by atoms with van der Waals surface area (Å²) in [5.74, 6) is -0.124. The predicted molar refractivity (Wildman–Crippen MR) is 126 cm³/mol. The molecule has 0 unspecified atom stereocenters. The average Bonchev–Trinajstić information content (AvgIpc) is 3.58. The van der Waals surface area contributed by atoms with Gasteiger partial charge in [0, 0.05) is 18.0 Å². The summed E-state index contributed by atoms with van der Waals surface area (Å²) in [5, 5.41) is 21.0. The van der Waals surface area contributed by atoms with Gasteiger partial charge in [0.1, 0.15) is 0 Å². The van der Waals surface area contributed by atoms with E-state index < -0.39 is 24.1 Å². The normalized spacial score (nSPS) is 11.4. The van der Waals surface area contributed by atoms with Crippen LogP contribution in [0.1, 0.15) is 11.1 Å². The molecule has 2 N–H and O–H groups in total. The summed E-state index contributed by atoms with van der Waals surface area (Å²) in [6.07, 6.45) is -1.71. The Hall–Kier alpha value is -4.80. The SMILES string of the molecule is O=C(Cc1ccccc1C(F)(F)F)Nc1cc(-c2ccccc2-c2nnn[nH]2)ccc1-n1cccn1. The number of nitrogens with one attached hydrogen (secondary N) is 2. The zero-order valence-electron chi connectivity index (χ0n) is 18.6. The Morgan fingerprint density at radius 2 is 1.75 bits per heavy atom. The zero-order valence-corrected chi connectivity index (χ0v) is 18.6. The summed E-state index contributed by atoms with van der Waals surface area (Å²) in [4.78, 5) is 12.9. The summed E-state index contributed by atoms with van der Waals surface area (Å²) in [6.45, 7) is 0. The third kappa shape index (κ3) is 4.71. The van der Waals surface area contributed by atoms with Crippen LogP contribution in [0, 0.1) is 0 Å². The van der Waals surface area contributed by atoms with E-state index in [0.29, 0.717) is 17.2 Å². The van der Waals surface area contributed by atoms with Crippen LogP contribution in [-0.2, 0) is 17.4 Å². The second-order valence-corrected chi connectivity index (χ2v) is 7.86. The molecule has 180 valence electrons. The maximum Gasteiger partial charge on any atom is 0.416 e. The fourth-order valence-corrected chi connectivity index (χ4v) is 3.95. The zero-order chi connectivity index (χ0) is 25.1. The Labute approximate surface area is 202 Å². The molecule has 0 spiro atoms. The van der Waals surface area contributed by atoms with Crippen molar-refractivity contribution in [3.05, 3.63) is 96.3 Å². The van der Waals surface area contributed by atoms with Crippen LogP contribution in [0.3, 0.4) is 0 Å². The van der Waals surface area contributed by atoms with Crippen molar-refractivity contribution in [3.8, 4) is 28.2 Å². The number of H-pyrrole nitrogens is 1. The van der Waals surface area contributed by atoms with Crippen molar-refractivity contribution in [1.29, 1.82) is 0 Å². The fourth-order valence-electron chi connectivity index (χ4n) is 3.95. The average molecular weight is 489 g/mol. The number of benzene rings is 3. The number of rotatable bonds is 6. The van der Waals surface area contributed by atoms with Gasteiger partial charge in [0.05, 0.1) is 23.4 Å². The number of anilines is 1. The van der Waals surface area contributed by atoms with E-state index in [4.69, 9.17) is 0 Å². The molecule has 3 aromatic carbocycles. The summed E-state index contributed by atoms with van der Waals surface area (Å²) >= 11 is 0. The van der Waals surface area contributed by atoms with Crippen LogP contribution in [0.2, 0.25) is 0 Å². The molecular weight excluding hydrogens is 471 g/mol. The van der Waals surface area contributed by atoms with E-state index in [2.05, 4.69) is 31.0 Å². The molecule has 0 radical (unpaired) electrons. The molecule has 2 aromatic heterocycles. The lowest BCUT2D eigenvalue weighted by atomic mass is 9.98. The first-order valence-corrected chi connectivity index (χ1v) is 10.8. The molecule has 0 aliphatic carbocycles. The van der Waals surface area contributed by atoms with Gasteiger partial charge in [-0.15, -0.1) is 5.10 Å². The number of halogens is 3. The largest absolute Gasteiger partial charge is 0.416 e. The lowest BCUT2D eigenvalue weighted by Crippen LogP contribution is -2.19. The van der Waals surface area contributed by atoms with Crippen molar-refractivity contribution in [1.82, 2.24) is 30.4 Å². The van der Waals surface area contributed by atoms with Crippen molar-refractivity contribution < 1.29 is 18.0 Å². The van der Waals surface area contributed by atoms with Crippen molar-refractivity contribution in [2.24, 2.45) is 0 Å². The second kappa shape index (κ2) is 9.45. The highest BCUT2D eigenvalue weighted by Gasteiger charge is 2.33. The molecule has 0 fully saturated rings. The minimum atomic E-state index is -4.56. The number of aromatic amines is 1. The van der Waals surface area contributed by atoms with Crippen LogP contribution in [0.5, 0.6) is 0 Å². The molecule has 0 atom stereocenters. The quantitative estimate of drug-likeness (QED) is 0.353. The number of aromatic nitrogens is 6. The molecule has 0 saturated carbocycles. The molecule has 11 heteroatoms. The lowest BCUT2D eigenvalue weighted by molar-refractivity contribution is -0.138. The van der Waals surface area contributed by atoms with Gasteiger partial charge in [-0.25, -0.2) is 9.78 Å². The lowest BCUT2D eigenvalue weighted by Gasteiger charge is -2.16. The summed E-state index contributed by atoms with van der Waals surface area (Å²) in [6, 6.07) is 19.6. The molecule has 36 heavy (non-hydrogen) atoms. The maximum atomic E-state index is 13.4. The van der Waals surface area contributed by atoms with E-state index in [-0.39, 0.29) is 5.56 Å². The Balaban J connectivity index is 1.52. The second-order valence-electron chi connectivity index (χ2n) is 7.86. The van der Waals surface area contributed by atoms with Gasteiger partial charge in [0.2, 0.25) is 5.91 Å². The highest BCUT2D eigenvalue weighted by Crippen LogP contribution is 2.34. The van der Waals surface area contributed by atoms with E-state index in [0.717, 1.165) is 22.8 Å². The van der Waals surface area contributed by atoms with E-state index in [9.17, 15) is 18.0 Å². The standard InChI is InChI=1S/C25H18F3N7O/c26-25(27,28)20-9-4-1-6-17(20)15-23(36)30-21-14-16(10-11-22(21)35-13-5-12-29-35)18-7-2-3-8-19(18)24-31-33-34-32-24/h1-14H,15H2,(H,30,36)(H,31,32,33,34). The van der Waals surface area contributed by atoms with Gasteiger partial charge in [-0.2, -0.15) is 18.3 Å². The van der Waals surface area contributed by atoms with Gasteiger partial charge < -0.3 is 5.32 Å². The van der Waals surface area contributed by atoms with Crippen molar-refractivity contribution in [2.75, 3.05) is 5.32 Å². The highest BCUT2D eigenvalue weighted by atomic mass is 19.4. The van der Waals surface area contributed by atoms with Gasteiger partial charge in [-0.05, 0) is 51.4 Å². The summed E-state index contributed by atoms with van der Waals surface area (Å²) in [5.41, 5.74) is 2.27. The molecule has 5 rings (SSSR count). The molecule has 0 aliphatic rings. The van der Waals surface area contributed by atoms with E-state index >= 15 is 0 Å². The molecule has 8 nitrogen and oxygen atoms in total. The van der Waals surface area contributed by atoms with Crippen LogP contribution in [-0.4, -0.2) is 36.3 Å². The van der Waals surface area contributed by atoms with Crippen LogP contribution >= 0.6 is 0 Å². The minimum absolute atomic E-state index is 0.109. The van der Waals surface area contributed by atoms with Crippen molar-refractivity contribution >= 4 is 11.6 Å². The first-order valence-electron chi connectivity index (χ1n) is 10.8.